The maximum Gasteiger partial charge on any atom is 0.205 e. The molecule has 0 spiro atoms. The minimum Gasteiger partial charge on any atom is -0.364 e. The zero-order valence-electron chi connectivity index (χ0n) is 11.3. The number of carbonyl (C=O) groups is 1. The van der Waals surface area contributed by atoms with Crippen LogP contribution < -0.4 is 0 Å². The van der Waals surface area contributed by atoms with Crippen molar-refractivity contribution in [3.05, 3.63) is 77.4 Å². The highest BCUT2D eigenvalue weighted by Gasteiger charge is 2.35. The van der Waals surface area contributed by atoms with Gasteiger partial charge in [0.1, 0.15) is 17.7 Å². The van der Waals surface area contributed by atoms with E-state index < -0.39 is 6.10 Å². The Kier molecular flexibility index (Phi) is 3.63. The molecule has 1 aliphatic heterocycles. The fourth-order valence-electron chi connectivity index (χ4n) is 2.26. The van der Waals surface area contributed by atoms with Gasteiger partial charge in [-0.3, -0.25) is 4.79 Å². The van der Waals surface area contributed by atoms with Gasteiger partial charge in [-0.15, -0.1) is 0 Å². The van der Waals surface area contributed by atoms with Crippen LogP contribution in [0.5, 0.6) is 0 Å². The number of ketones is 1. The highest BCUT2D eigenvalue weighted by Crippen LogP contribution is 2.29. The number of Topliss-reactive ketones (excluding diaryl/α,β-unsaturated/α-hetero) is 1. The number of nitriles is 1. The summed E-state index contributed by atoms with van der Waals surface area (Å²) in [6.07, 6.45) is -0.456. The molecule has 1 heterocycles. The highest BCUT2D eigenvalue weighted by atomic mass is 16.6. The summed E-state index contributed by atoms with van der Waals surface area (Å²) in [6.45, 7) is 0.404. The first-order valence-corrected chi connectivity index (χ1v) is 6.72. The molecule has 0 amide bonds. The number of epoxide rings is 1. The number of rotatable bonds is 4. The maximum atomic E-state index is 12.3. The first-order chi connectivity index (χ1) is 10.3. The Balaban J connectivity index is 2.20. The maximum absolute atomic E-state index is 12.3. The van der Waals surface area contributed by atoms with Gasteiger partial charge in [0.15, 0.2) is 0 Å². The van der Waals surface area contributed by atoms with E-state index in [1.165, 1.54) is 0 Å². The van der Waals surface area contributed by atoms with Crippen LogP contribution in [0.4, 0.5) is 0 Å². The highest BCUT2D eigenvalue weighted by molar-refractivity contribution is 6.12. The van der Waals surface area contributed by atoms with E-state index in [-0.39, 0.29) is 11.4 Å². The van der Waals surface area contributed by atoms with Gasteiger partial charge in [-0.05, 0) is 11.1 Å². The number of hydrogen-bond donors (Lipinski definition) is 0. The first-order valence-electron chi connectivity index (χ1n) is 6.72. The molecule has 1 saturated heterocycles. The standard InChI is InChI=1S/C18H13NO2/c19-11-15(18(20)16-12-21-16)17(13-7-3-1-4-8-13)14-9-5-2-6-10-14/h1-10,16H,12H2. The molecular weight excluding hydrogens is 262 g/mol. The molecule has 1 atom stereocenters. The molecule has 3 heteroatoms. The second kappa shape index (κ2) is 5.74. The predicted octanol–water partition coefficient (Wildman–Crippen LogP) is 2.98. The van der Waals surface area contributed by atoms with Crippen molar-refractivity contribution in [1.29, 1.82) is 5.26 Å². The molecule has 3 rings (SSSR count). The predicted molar refractivity (Wildman–Crippen MR) is 79.3 cm³/mol. The molecule has 3 nitrogen and oxygen atoms in total. The zero-order chi connectivity index (χ0) is 14.7. The molecule has 21 heavy (non-hydrogen) atoms. The number of nitrogens with zero attached hydrogens (tertiary/aromatic N) is 1. The molecule has 0 radical (unpaired) electrons. The van der Waals surface area contributed by atoms with Crippen LogP contribution in [-0.2, 0) is 9.53 Å². The quantitative estimate of drug-likeness (QED) is 0.489. The van der Waals surface area contributed by atoms with Gasteiger partial charge in [-0.1, -0.05) is 60.7 Å². The largest absolute Gasteiger partial charge is 0.364 e. The summed E-state index contributed by atoms with van der Waals surface area (Å²) >= 11 is 0. The van der Waals surface area contributed by atoms with E-state index in [9.17, 15) is 10.1 Å². The van der Waals surface area contributed by atoms with Crippen molar-refractivity contribution in [1.82, 2.24) is 0 Å². The minimum atomic E-state index is -0.456. The lowest BCUT2D eigenvalue weighted by molar-refractivity contribution is -0.116. The molecule has 1 aliphatic rings. The summed E-state index contributed by atoms with van der Waals surface area (Å²) in [5.74, 6) is -0.236. The van der Waals surface area contributed by atoms with Crippen LogP contribution in [0.1, 0.15) is 11.1 Å². The van der Waals surface area contributed by atoms with E-state index in [0.717, 1.165) is 11.1 Å². The van der Waals surface area contributed by atoms with Gasteiger partial charge in [0.2, 0.25) is 5.78 Å². The molecule has 0 N–H and O–H groups in total. The van der Waals surface area contributed by atoms with Gasteiger partial charge in [0, 0.05) is 5.57 Å². The van der Waals surface area contributed by atoms with Gasteiger partial charge in [0.05, 0.1) is 6.61 Å². The molecule has 2 aromatic rings. The van der Waals surface area contributed by atoms with Crippen LogP contribution in [0.2, 0.25) is 0 Å². The first kappa shape index (κ1) is 13.3. The number of hydrogen-bond acceptors (Lipinski definition) is 3. The van der Waals surface area contributed by atoms with E-state index in [2.05, 4.69) is 6.07 Å². The fraction of sp³-hybridized carbons (Fsp3) is 0.111. The molecule has 0 aliphatic carbocycles. The Hall–Kier alpha value is -2.70. The average Bonchev–Trinajstić information content (AvgIpc) is 3.38. The lowest BCUT2D eigenvalue weighted by Crippen LogP contribution is -2.11. The lowest BCUT2D eigenvalue weighted by Gasteiger charge is -2.10. The van der Waals surface area contributed by atoms with Gasteiger partial charge in [0.25, 0.3) is 0 Å². The third kappa shape index (κ3) is 2.76. The van der Waals surface area contributed by atoms with Crippen LogP contribution in [-0.4, -0.2) is 18.5 Å². The van der Waals surface area contributed by atoms with Gasteiger partial charge >= 0.3 is 0 Å². The number of carbonyl (C=O) groups excluding carboxylic acids is 1. The summed E-state index contributed by atoms with van der Waals surface area (Å²) in [6, 6.07) is 21.1. The monoisotopic (exact) mass is 275 g/mol. The summed E-state index contributed by atoms with van der Waals surface area (Å²) in [7, 11) is 0. The molecule has 1 unspecified atom stereocenters. The molecule has 1 fully saturated rings. The van der Waals surface area contributed by atoms with E-state index in [1.807, 2.05) is 60.7 Å². The normalized spacial score (nSPS) is 15.9. The summed E-state index contributed by atoms with van der Waals surface area (Å²) in [4.78, 5) is 12.3. The summed E-state index contributed by atoms with van der Waals surface area (Å²) in [5.41, 5.74) is 2.54. The van der Waals surface area contributed by atoms with Crippen molar-refractivity contribution in [3.8, 4) is 6.07 Å². The molecular formula is C18H13NO2. The minimum absolute atomic E-state index is 0.162. The van der Waals surface area contributed by atoms with Crippen LogP contribution in [0.3, 0.4) is 0 Å². The fourth-order valence-corrected chi connectivity index (χ4v) is 2.26. The Morgan fingerprint density at radius 3 is 1.86 bits per heavy atom. The Labute approximate surface area is 123 Å². The Bertz CT molecular complexity index is 681. The van der Waals surface area contributed by atoms with Crippen LogP contribution >= 0.6 is 0 Å². The Morgan fingerprint density at radius 2 is 1.48 bits per heavy atom. The number of ether oxygens (including phenoxy) is 1. The topological polar surface area (TPSA) is 53.4 Å². The van der Waals surface area contributed by atoms with Crippen LogP contribution in [0.25, 0.3) is 5.57 Å². The van der Waals surface area contributed by atoms with Crippen molar-refractivity contribution in [3.63, 3.8) is 0 Å². The molecule has 0 aromatic heterocycles. The van der Waals surface area contributed by atoms with Crippen LogP contribution in [0, 0.1) is 11.3 Å². The third-order valence-electron chi connectivity index (χ3n) is 3.36. The summed E-state index contributed by atoms with van der Waals surface area (Å²) < 4.78 is 5.04. The van der Waals surface area contributed by atoms with Crippen molar-refractivity contribution in [2.24, 2.45) is 0 Å². The van der Waals surface area contributed by atoms with Gasteiger partial charge < -0.3 is 4.74 Å². The molecule has 2 aromatic carbocycles. The molecule has 102 valence electrons. The third-order valence-corrected chi connectivity index (χ3v) is 3.36. The van der Waals surface area contributed by atoms with E-state index in [0.29, 0.717) is 12.2 Å². The lowest BCUT2D eigenvalue weighted by atomic mass is 9.91. The van der Waals surface area contributed by atoms with Gasteiger partial charge in [-0.25, -0.2) is 0 Å². The van der Waals surface area contributed by atoms with E-state index >= 15 is 0 Å². The molecule has 0 saturated carbocycles. The smallest absolute Gasteiger partial charge is 0.205 e. The van der Waals surface area contributed by atoms with Crippen LogP contribution in [0.15, 0.2) is 66.2 Å². The second-order valence-electron chi connectivity index (χ2n) is 4.78. The van der Waals surface area contributed by atoms with E-state index in [4.69, 9.17) is 4.74 Å². The second-order valence-corrected chi connectivity index (χ2v) is 4.78. The van der Waals surface area contributed by atoms with Crippen molar-refractivity contribution in [2.45, 2.75) is 6.10 Å². The zero-order valence-corrected chi connectivity index (χ0v) is 11.3. The summed E-state index contributed by atoms with van der Waals surface area (Å²) in [5, 5.41) is 9.48. The average molecular weight is 275 g/mol. The van der Waals surface area contributed by atoms with Crippen molar-refractivity contribution >= 4 is 11.4 Å². The van der Waals surface area contributed by atoms with Crippen molar-refractivity contribution in [2.75, 3.05) is 6.61 Å². The van der Waals surface area contributed by atoms with Crippen molar-refractivity contribution < 1.29 is 9.53 Å². The SMILES string of the molecule is N#CC(C(=O)C1CO1)=C(c1ccccc1)c1ccccc1. The number of benzene rings is 2. The van der Waals surface area contributed by atoms with Gasteiger partial charge in [-0.2, -0.15) is 5.26 Å². The Morgan fingerprint density at radius 1 is 1.00 bits per heavy atom. The van der Waals surface area contributed by atoms with E-state index in [1.54, 1.807) is 0 Å². The molecule has 0 bridgehead atoms.